The highest BCUT2D eigenvalue weighted by atomic mass is 35.5. The number of amidine groups is 1. The summed E-state index contributed by atoms with van der Waals surface area (Å²) in [4.78, 5) is 33.2. The molecule has 186 valence electrons. The fourth-order valence-corrected chi connectivity index (χ4v) is 4.28. The summed E-state index contributed by atoms with van der Waals surface area (Å²) in [6.45, 7) is 6.12. The zero-order valence-corrected chi connectivity index (χ0v) is 20.4. The second kappa shape index (κ2) is 12.5. The van der Waals surface area contributed by atoms with Crippen molar-refractivity contribution >= 4 is 40.7 Å². The molecule has 1 fully saturated rings. The predicted molar refractivity (Wildman–Crippen MR) is 130 cm³/mol. The standard InChI is InChI=1S/C20H20ClFN4O3S.C3H4O2/c1-28-20(27)15-14(11-26-6-8-29-9-7-26)24-18(19-23-5-10-30-19)25-17(15)12-3-2-4-13(22)16(12)21;1-2-3(4)5/h2-5,10,17H,6-9,11H2,1H3,(H,24,25);2H,1H2,(H,4,5)/t17-;/m0./s1. The Labute approximate surface area is 210 Å². The molecule has 4 rings (SSSR count). The lowest BCUT2D eigenvalue weighted by molar-refractivity contribution is -0.136. The van der Waals surface area contributed by atoms with Gasteiger partial charge in [-0.3, -0.25) is 9.89 Å². The lowest BCUT2D eigenvalue weighted by atomic mass is 9.95. The topological polar surface area (TPSA) is 113 Å². The van der Waals surface area contributed by atoms with Gasteiger partial charge in [-0.1, -0.05) is 30.3 Å². The van der Waals surface area contributed by atoms with Crippen molar-refractivity contribution in [3.63, 3.8) is 0 Å². The number of aromatic nitrogens is 1. The molecular weight excluding hydrogens is 499 g/mol. The van der Waals surface area contributed by atoms with Crippen LogP contribution >= 0.6 is 22.9 Å². The molecule has 0 bridgehead atoms. The monoisotopic (exact) mass is 522 g/mol. The molecule has 2 aliphatic rings. The first-order chi connectivity index (χ1) is 16.8. The average molecular weight is 523 g/mol. The van der Waals surface area contributed by atoms with Gasteiger partial charge in [0.25, 0.3) is 0 Å². The third-order valence-electron chi connectivity index (χ3n) is 5.10. The number of aliphatic carboxylic acids is 1. The van der Waals surface area contributed by atoms with Crippen LogP contribution in [0.5, 0.6) is 0 Å². The van der Waals surface area contributed by atoms with E-state index in [9.17, 15) is 14.0 Å². The largest absolute Gasteiger partial charge is 0.478 e. The van der Waals surface area contributed by atoms with Crippen molar-refractivity contribution in [1.82, 2.24) is 15.2 Å². The van der Waals surface area contributed by atoms with Crippen LogP contribution in [0.25, 0.3) is 0 Å². The Bertz CT molecular complexity index is 1130. The summed E-state index contributed by atoms with van der Waals surface area (Å²) in [7, 11) is 1.31. The van der Waals surface area contributed by atoms with Gasteiger partial charge in [0.2, 0.25) is 0 Å². The van der Waals surface area contributed by atoms with Gasteiger partial charge in [0.05, 0.1) is 30.9 Å². The number of benzene rings is 1. The smallest absolute Gasteiger partial charge is 0.338 e. The maximum Gasteiger partial charge on any atom is 0.338 e. The fourth-order valence-electron chi connectivity index (χ4n) is 3.46. The van der Waals surface area contributed by atoms with Crippen molar-refractivity contribution in [3.05, 3.63) is 75.1 Å². The molecule has 0 spiro atoms. The SMILES string of the molecule is C=CC(=O)O.COC(=O)C1=C(CN2CCOCC2)NC(c2nccs2)=N[C@H]1c1cccc(F)c1Cl. The number of carboxylic acids is 1. The van der Waals surface area contributed by atoms with Gasteiger partial charge in [0.1, 0.15) is 11.9 Å². The van der Waals surface area contributed by atoms with Crippen LogP contribution in [-0.4, -0.2) is 72.7 Å². The average Bonchev–Trinajstić information content (AvgIpc) is 3.41. The van der Waals surface area contributed by atoms with E-state index in [1.54, 1.807) is 18.3 Å². The number of halogens is 2. The van der Waals surface area contributed by atoms with Crippen LogP contribution in [0, 0.1) is 5.82 Å². The molecule has 2 aliphatic heterocycles. The highest BCUT2D eigenvalue weighted by Gasteiger charge is 2.34. The van der Waals surface area contributed by atoms with Crippen molar-refractivity contribution in [2.24, 2.45) is 4.99 Å². The Balaban J connectivity index is 0.000000623. The number of nitrogens with one attached hydrogen (secondary N) is 1. The fraction of sp³-hybridized carbons (Fsp3) is 0.304. The quantitative estimate of drug-likeness (QED) is 0.439. The van der Waals surface area contributed by atoms with Crippen molar-refractivity contribution in [2.75, 3.05) is 40.0 Å². The highest BCUT2D eigenvalue weighted by Crippen LogP contribution is 2.37. The van der Waals surface area contributed by atoms with E-state index in [-0.39, 0.29) is 5.02 Å². The van der Waals surface area contributed by atoms with E-state index in [0.717, 1.165) is 19.2 Å². The van der Waals surface area contributed by atoms with E-state index in [1.807, 2.05) is 5.38 Å². The first-order valence-corrected chi connectivity index (χ1v) is 11.8. The van der Waals surface area contributed by atoms with E-state index < -0.39 is 23.8 Å². The molecule has 0 radical (unpaired) electrons. The molecule has 3 heterocycles. The second-order valence-corrected chi connectivity index (χ2v) is 8.57. The minimum absolute atomic E-state index is 0.0706. The summed E-state index contributed by atoms with van der Waals surface area (Å²) in [6, 6.07) is 3.67. The molecular formula is C23H24ClFN4O5S. The first-order valence-electron chi connectivity index (χ1n) is 10.5. The van der Waals surface area contributed by atoms with Crippen LogP contribution in [0.1, 0.15) is 16.6 Å². The number of carbonyl (C=O) groups excluding carboxylic acids is 1. The summed E-state index contributed by atoms with van der Waals surface area (Å²) in [5.41, 5.74) is 1.33. The molecule has 1 aromatic carbocycles. The molecule has 1 atom stereocenters. The molecule has 0 unspecified atom stereocenters. The molecule has 12 heteroatoms. The Hall–Kier alpha value is -3.12. The van der Waals surface area contributed by atoms with Gasteiger partial charge in [-0.25, -0.2) is 19.0 Å². The normalized spacial score (nSPS) is 18.0. The number of methoxy groups -OCH3 is 1. The van der Waals surface area contributed by atoms with Crippen molar-refractivity contribution in [1.29, 1.82) is 0 Å². The minimum atomic E-state index is -0.981. The first kappa shape index (κ1) is 26.5. The Morgan fingerprint density at radius 3 is 2.74 bits per heavy atom. The van der Waals surface area contributed by atoms with Crippen LogP contribution in [0.15, 0.2) is 58.7 Å². The molecule has 1 saturated heterocycles. The van der Waals surface area contributed by atoms with Crippen LogP contribution in [0.2, 0.25) is 5.02 Å². The molecule has 2 N–H and O–H groups in total. The number of aliphatic imine (C=N–C) groups is 1. The number of hydrogen-bond donors (Lipinski definition) is 2. The number of carboxylic acid groups (broad SMARTS) is 1. The zero-order chi connectivity index (χ0) is 25.4. The van der Waals surface area contributed by atoms with Gasteiger partial charge >= 0.3 is 11.9 Å². The van der Waals surface area contributed by atoms with Gasteiger partial charge in [0.15, 0.2) is 10.8 Å². The van der Waals surface area contributed by atoms with Gasteiger partial charge in [0, 0.05) is 48.5 Å². The van der Waals surface area contributed by atoms with Crippen LogP contribution in [-0.2, 0) is 19.1 Å². The summed E-state index contributed by atoms with van der Waals surface area (Å²) in [5, 5.41) is 13.3. The molecule has 2 aromatic rings. The number of rotatable bonds is 6. The Morgan fingerprint density at radius 2 is 2.14 bits per heavy atom. The predicted octanol–water partition coefficient (Wildman–Crippen LogP) is 3.04. The third-order valence-corrected chi connectivity index (χ3v) is 6.28. The number of hydrogen-bond acceptors (Lipinski definition) is 9. The van der Waals surface area contributed by atoms with Gasteiger partial charge in [-0.05, 0) is 6.07 Å². The maximum atomic E-state index is 14.2. The lowest BCUT2D eigenvalue weighted by Crippen LogP contribution is -2.43. The zero-order valence-electron chi connectivity index (χ0n) is 18.9. The van der Waals surface area contributed by atoms with Crippen molar-refractivity contribution in [2.45, 2.75) is 6.04 Å². The maximum absolute atomic E-state index is 14.2. The highest BCUT2D eigenvalue weighted by molar-refractivity contribution is 7.11. The number of esters is 1. The third kappa shape index (κ3) is 6.73. The van der Waals surface area contributed by atoms with Gasteiger partial charge < -0.3 is 19.9 Å². The van der Waals surface area contributed by atoms with E-state index in [0.29, 0.717) is 47.4 Å². The summed E-state index contributed by atoms with van der Waals surface area (Å²) in [5.74, 6) is -1.59. The molecule has 1 aromatic heterocycles. The molecule has 0 saturated carbocycles. The van der Waals surface area contributed by atoms with E-state index >= 15 is 0 Å². The van der Waals surface area contributed by atoms with E-state index in [1.165, 1.54) is 24.5 Å². The van der Waals surface area contributed by atoms with Crippen LogP contribution in [0.4, 0.5) is 4.39 Å². The van der Waals surface area contributed by atoms with Crippen LogP contribution < -0.4 is 5.32 Å². The molecule has 9 nitrogen and oxygen atoms in total. The summed E-state index contributed by atoms with van der Waals surface area (Å²) < 4.78 is 24.7. The van der Waals surface area contributed by atoms with E-state index in [2.05, 4.69) is 21.8 Å². The number of ether oxygens (including phenoxy) is 2. The Kier molecular flexibility index (Phi) is 9.49. The number of morpholine rings is 1. The molecule has 35 heavy (non-hydrogen) atoms. The Morgan fingerprint density at radius 1 is 1.43 bits per heavy atom. The molecule has 0 amide bonds. The number of thiazole rings is 1. The number of carbonyl (C=O) groups is 2. The second-order valence-electron chi connectivity index (χ2n) is 7.30. The van der Waals surface area contributed by atoms with Gasteiger partial charge in [-0.2, -0.15) is 0 Å². The van der Waals surface area contributed by atoms with E-state index in [4.69, 9.17) is 31.2 Å². The molecule has 0 aliphatic carbocycles. The van der Waals surface area contributed by atoms with Crippen molar-refractivity contribution in [3.8, 4) is 0 Å². The lowest BCUT2D eigenvalue weighted by Gasteiger charge is -2.32. The summed E-state index contributed by atoms with van der Waals surface area (Å²) >= 11 is 7.69. The summed E-state index contributed by atoms with van der Waals surface area (Å²) in [6.07, 6.45) is 2.51. The van der Waals surface area contributed by atoms with Crippen LogP contribution in [0.3, 0.4) is 0 Å². The minimum Gasteiger partial charge on any atom is -0.478 e. The number of nitrogens with zero attached hydrogens (tertiary/aromatic N) is 3. The van der Waals surface area contributed by atoms with Crippen molar-refractivity contribution < 1.29 is 28.6 Å². The van der Waals surface area contributed by atoms with Gasteiger partial charge in [-0.15, -0.1) is 11.3 Å².